The van der Waals surface area contributed by atoms with Gasteiger partial charge in [0.1, 0.15) is 21.4 Å². The summed E-state index contributed by atoms with van der Waals surface area (Å²) < 4.78 is 0. The van der Waals surface area contributed by atoms with Crippen LogP contribution in [0.15, 0.2) is 12.3 Å². The van der Waals surface area contributed by atoms with Crippen LogP contribution in [0.3, 0.4) is 0 Å². The molecule has 8 heteroatoms. The van der Waals surface area contributed by atoms with E-state index in [1.807, 2.05) is 0 Å². The maximum atomic E-state index is 12.1. The number of carboxylic acid groups (broad SMARTS) is 1. The van der Waals surface area contributed by atoms with Crippen molar-refractivity contribution in [3.63, 3.8) is 0 Å². The second kappa shape index (κ2) is 5.80. The van der Waals surface area contributed by atoms with Gasteiger partial charge in [-0.2, -0.15) is 0 Å². The van der Waals surface area contributed by atoms with Gasteiger partial charge in [-0.05, 0) is 25.8 Å². The van der Waals surface area contributed by atoms with Gasteiger partial charge < -0.3 is 10.4 Å². The summed E-state index contributed by atoms with van der Waals surface area (Å²) in [5, 5.41) is 12.3. The molecule has 2 heterocycles. The zero-order chi connectivity index (χ0) is 15.7. The minimum absolute atomic E-state index is 0.181. The van der Waals surface area contributed by atoms with Crippen LogP contribution in [-0.4, -0.2) is 31.9 Å². The SMILES string of the molecule is Cc1nc(CNC(=O)c2ccnc(C3CC3)n2)sc1C(=O)O. The molecule has 7 nitrogen and oxygen atoms in total. The Morgan fingerprint density at radius 1 is 1.41 bits per heavy atom. The van der Waals surface area contributed by atoms with E-state index in [2.05, 4.69) is 20.3 Å². The molecule has 0 bridgehead atoms. The van der Waals surface area contributed by atoms with Gasteiger partial charge in [-0.15, -0.1) is 11.3 Å². The highest BCUT2D eigenvalue weighted by atomic mass is 32.1. The molecule has 2 aromatic rings. The fourth-order valence-electron chi connectivity index (χ4n) is 2.01. The fourth-order valence-corrected chi connectivity index (χ4v) is 2.85. The number of amides is 1. The lowest BCUT2D eigenvalue weighted by molar-refractivity contribution is 0.0701. The average Bonchev–Trinajstić information content (AvgIpc) is 3.28. The largest absolute Gasteiger partial charge is 0.477 e. The van der Waals surface area contributed by atoms with Gasteiger partial charge in [0.05, 0.1) is 12.2 Å². The first-order chi connectivity index (χ1) is 10.5. The second-order valence-electron chi connectivity index (χ2n) is 5.08. The average molecular weight is 318 g/mol. The summed E-state index contributed by atoms with van der Waals surface area (Å²) in [4.78, 5) is 35.8. The van der Waals surface area contributed by atoms with Crippen molar-refractivity contribution in [3.05, 3.63) is 39.4 Å². The van der Waals surface area contributed by atoms with Crippen molar-refractivity contribution in [1.29, 1.82) is 0 Å². The Labute approximate surface area is 130 Å². The Balaban J connectivity index is 1.66. The van der Waals surface area contributed by atoms with Crippen molar-refractivity contribution in [2.45, 2.75) is 32.2 Å². The van der Waals surface area contributed by atoms with Gasteiger partial charge in [0, 0.05) is 12.1 Å². The fraction of sp³-hybridized carbons (Fsp3) is 0.357. The van der Waals surface area contributed by atoms with Crippen molar-refractivity contribution >= 4 is 23.2 Å². The van der Waals surface area contributed by atoms with Crippen molar-refractivity contribution in [3.8, 4) is 0 Å². The molecule has 0 aliphatic heterocycles. The number of carbonyl (C=O) groups is 2. The van der Waals surface area contributed by atoms with Crippen molar-refractivity contribution in [2.24, 2.45) is 0 Å². The molecule has 2 aromatic heterocycles. The minimum Gasteiger partial charge on any atom is -0.477 e. The number of nitrogens with zero attached hydrogens (tertiary/aromatic N) is 3. The van der Waals surface area contributed by atoms with Gasteiger partial charge in [0.25, 0.3) is 5.91 Å². The Bertz CT molecular complexity index is 739. The van der Waals surface area contributed by atoms with Crippen LogP contribution in [0.1, 0.15) is 55.4 Å². The van der Waals surface area contributed by atoms with E-state index in [9.17, 15) is 9.59 Å². The smallest absolute Gasteiger partial charge is 0.347 e. The van der Waals surface area contributed by atoms with Gasteiger partial charge in [-0.3, -0.25) is 4.79 Å². The van der Waals surface area contributed by atoms with Gasteiger partial charge in [-0.25, -0.2) is 19.7 Å². The Kier molecular flexibility index (Phi) is 3.84. The molecular weight excluding hydrogens is 304 g/mol. The quantitative estimate of drug-likeness (QED) is 0.870. The number of carboxylic acids is 1. The molecule has 0 unspecified atom stereocenters. The van der Waals surface area contributed by atoms with Crippen LogP contribution in [0.2, 0.25) is 0 Å². The molecule has 1 aliphatic carbocycles. The highest BCUT2D eigenvalue weighted by Gasteiger charge is 2.27. The zero-order valence-electron chi connectivity index (χ0n) is 11.9. The van der Waals surface area contributed by atoms with E-state index in [0.717, 1.165) is 24.2 Å². The van der Waals surface area contributed by atoms with Crippen LogP contribution in [0, 0.1) is 6.92 Å². The predicted octanol–water partition coefficient (Wildman–Crippen LogP) is 1.75. The molecule has 1 fully saturated rings. The maximum Gasteiger partial charge on any atom is 0.347 e. The second-order valence-corrected chi connectivity index (χ2v) is 6.17. The van der Waals surface area contributed by atoms with Crippen molar-refractivity contribution in [1.82, 2.24) is 20.3 Å². The molecule has 0 saturated heterocycles. The summed E-state index contributed by atoms with van der Waals surface area (Å²) in [5.41, 5.74) is 0.781. The molecule has 3 rings (SSSR count). The summed E-state index contributed by atoms with van der Waals surface area (Å²) in [6.45, 7) is 1.82. The third-order valence-electron chi connectivity index (χ3n) is 3.28. The lowest BCUT2D eigenvalue weighted by atomic mass is 10.3. The van der Waals surface area contributed by atoms with Crippen LogP contribution in [0.25, 0.3) is 0 Å². The van der Waals surface area contributed by atoms with Crippen LogP contribution >= 0.6 is 11.3 Å². The van der Waals surface area contributed by atoms with Crippen LogP contribution in [-0.2, 0) is 6.54 Å². The monoisotopic (exact) mass is 318 g/mol. The minimum atomic E-state index is -1.00. The lowest BCUT2D eigenvalue weighted by Gasteiger charge is -2.03. The number of aryl methyl sites for hydroxylation is 1. The predicted molar refractivity (Wildman–Crippen MR) is 79.0 cm³/mol. The standard InChI is InChI=1S/C14H14N4O3S/c1-7-11(14(20)21)22-10(17-7)6-16-13(19)9-4-5-15-12(18-9)8-2-3-8/h4-5,8H,2-3,6H2,1H3,(H,16,19)(H,20,21). The number of rotatable bonds is 5. The number of thiazole rings is 1. The first kappa shape index (κ1) is 14.6. The Morgan fingerprint density at radius 2 is 2.18 bits per heavy atom. The van der Waals surface area contributed by atoms with Crippen LogP contribution < -0.4 is 5.32 Å². The Hall–Kier alpha value is -2.35. The van der Waals surface area contributed by atoms with Crippen molar-refractivity contribution < 1.29 is 14.7 Å². The van der Waals surface area contributed by atoms with Crippen LogP contribution in [0.5, 0.6) is 0 Å². The number of nitrogens with one attached hydrogen (secondary N) is 1. The zero-order valence-corrected chi connectivity index (χ0v) is 12.7. The van der Waals surface area contributed by atoms with Gasteiger partial charge in [0.2, 0.25) is 0 Å². The third kappa shape index (κ3) is 3.11. The maximum absolute atomic E-state index is 12.1. The first-order valence-electron chi connectivity index (χ1n) is 6.85. The normalized spacial score (nSPS) is 13.9. The number of aromatic carboxylic acids is 1. The lowest BCUT2D eigenvalue weighted by Crippen LogP contribution is -2.24. The number of aromatic nitrogens is 3. The van der Waals surface area contributed by atoms with Gasteiger partial charge in [-0.1, -0.05) is 0 Å². The van der Waals surface area contributed by atoms with E-state index in [1.54, 1.807) is 19.2 Å². The molecule has 2 N–H and O–H groups in total. The number of hydrogen-bond acceptors (Lipinski definition) is 6. The number of hydrogen-bond donors (Lipinski definition) is 2. The molecule has 114 valence electrons. The highest BCUT2D eigenvalue weighted by molar-refractivity contribution is 7.13. The molecule has 1 aliphatic rings. The number of carbonyl (C=O) groups excluding carboxylic acids is 1. The summed E-state index contributed by atoms with van der Waals surface area (Å²) in [6, 6.07) is 1.57. The van der Waals surface area contributed by atoms with E-state index in [0.29, 0.717) is 28.1 Å². The topological polar surface area (TPSA) is 105 Å². The van der Waals surface area contributed by atoms with E-state index in [1.165, 1.54) is 0 Å². The molecule has 0 spiro atoms. The van der Waals surface area contributed by atoms with Crippen molar-refractivity contribution in [2.75, 3.05) is 0 Å². The molecule has 0 radical (unpaired) electrons. The van der Waals surface area contributed by atoms with Crippen LogP contribution in [0.4, 0.5) is 0 Å². The Morgan fingerprint density at radius 3 is 2.82 bits per heavy atom. The third-order valence-corrected chi connectivity index (χ3v) is 4.43. The highest BCUT2D eigenvalue weighted by Crippen LogP contribution is 2.37. The van der Waals surface area contributed by atoms with E-state index < -0.39 is 5.97 Å². The first-order valence-corrected chi connectivity index (χ1v) is 7.67. The molecule has 1 amide bonds. The van der Waals surface area contributed by atoms with Gasteiger partial charge >= 0.3 is 5.97 Å². The summed E-state index contributed by atoms with van der Waals surface area (Å²) >= 11 is 1.06. The van der Waals surface area contributed by atoms with E-state index in [4.69, 9.17) is 5.11 Å². The van der Waals surface area contributed by atoms with E-state index in [-0.39, 0.29) is 17.3 Å². The summed E-state index contributed by atoms with van der Waals surface area (Å²) in [5.74, 6) is -0.218. The molecule has 1 saturated carbocycles. The summed E-state index contributed by atoms with van der Waals surface area (Å²) in [6.07, 6.45) is 3.73. The molecule has 0 atom stereocenters. The van der Waals surface area contributed by atoms with Gasteiger partial charge in [0.15, 0.2) is 0 Å². The molecule has 0 aromatic carbocycles. The molecule has 22 heavy (non-hydrogen) atoms. The molecular formula is C14H14N4O3S. The van der Waals surface area contributed by atoms with E-state index >= 15 is 0 Å². The summed E-state index contributed by atoms with van der Waals surface area (Å²) in [7, 11) is 0.